The van der Waals surface area contributed by atoms with Crippen molar-refractivity contribution in [3.05, 3.63) is 40.8 Å². The minimum atomic E-state index is -0.704. The Morgan fingerprint density at radius 3 is 2.87 bits per heavy atom. The van der Waals surface area contributed by atoms with E-state index in [1.807, 2.05) is 0 Å². The highest BCUT2D eigenvalue weighted by Gasteiger charge is 2.10. The molecule has 0 saturated heterocycles. The van der Waals surface area contributed by atoms with E-state index in [4.69, 9.17) is 5.73 Å². The van der Waals surface area contributed by atoms with Crippen LogP contribution >= 0.6 is 0 Å². The SMILES string of the molecule is Cn1cc(-n2cccc(N)c2=O)c(F)n1. The Morgan fingerprint density at radius 2 is 2.27 bits per heavy atom. The number of nitrogen functional groups attached to an aromatic ring is 1. The van der Waals surface area contributed by atoms with Crippen LogP contribution in [0.25, 0.3) is 5.69 Å². The number of hydrogen-bond acceptors (Lipinski definition) is 3. The van der Waals surface area contributed by atoms with Crippen LogP contribution in [0.15, 0.2) is 29.3 Å². The maximum atomic E-state index is 13.3. The summed E-state index contributed by atoms with van der Waals surface area (Å²) in [7, 11) is 1.57. The van der Waals surface area contributed by atoms with Crippen molar-refractivity contribution in [2.24, 2.45) is 7.05 Å². The normalized spacial score (nSPS) is 10.5. The molecule has 6 heteroatoms. The second kappa shape index (κ2) is 3.23. The number of nitrogens with zero attached hydrogens (tertiary/aromatic N) is 3. The van der Waals surface area contributed by atoms with Crippen LogP contribution in [0.4, 0.5) is 10.1 Å². The summed E-state index contributed by atoms with van der Waals surface area (Å²) in [6, 6.07) is 3.04. The van der Waals surface area contributed by atoms with Gasteiger partial charge in [0.25, 0.3) is 11.5 Å². The fourth-order valence-electron chi connectivity index (χ4n) is 1.31. The lowest BCUT2D eigenvalue weighted by Gasteiger charge is -2.02. The van der Waals surface area contributed by atoms with Crippen LogP contribution < -0.4 is 11.3 Å². The van der Waals surface area contributed by atoms with Crippen molar-refractivity contribution in [1.29, 1.82) is 0 Å². The van der Waals surface area contributed by atoms with Gasteiger partial charge in [-0.15, -0.1) is 5.10 Å². The fourth-order valence-corrected chi connectivity index (χ4v) is 1.31. The Bertz CT molecular complexity index is 557. The van der Waals surface area contributed by atoms with Crippen molar-refractivity contribution in [3.63, 3.8) is 0 Å². The number of halogens is 1. The van der Waals surface area contributed by atoms with Crippen LogP contribution in [-0.4, -0.2) is 14.3 Å². The van der Waals surface area contributed by atoms with E-state index >= 15 is 0 Å². The van der Waals surface area contributed by atoms with Crippen molar-refractivity contribution in [3.8, 4) is 5.69 Å². The van der Waals surface area contributed by atoms with Gasteiger partial charge in [-0.1, -0.05) is 0 Å². The van der Waals surface area contributed by atoms with Gasteiger partial charge in [-0.3, -0.25) is 14.0 Å². The van der Waals surface area contributed by atoms with E-state index in [1.54, 1.807) is 13.1 Å². The van der Waals surface area contributed by atoms with Gasteiger partial charge in [-0.25, -0.2) is 0 Å². The zero-order valence-electron chi connectivity index (χ0n) is 8.01. The molecule has 0 saturated carbocycles. The Morgan fingerprint density at radius 1 is 1.53 bits per heavy atom. The van der Waals surface area contributed by atoms with Crippen molar-refractivity contribution in [2.75, 3.05) is 5.73 Å². The number of rotatable bonds is 1. The molecule has 2 rings (SSSR count). The molecule has 0 aliphatic heterocycles. The Labute approximate surface area is 84.6 Å². The van der Waals surface area contributed by atoms with E-state index in [0.29, 0.717) is 0 Å². The Hall–Kier alpha value is -2.11. The lowest BCUT2D eigenvalue weighted by molar-refractivity contribution is 0.548. The molecule has 78 valence electrons. The molecular formula is C9H9FN4O. The summed E-state index contributed by atoms with van der Waals surface area (Å²) in [5, 5.41) is 3.51. The molecule has 2 heterocycles. The van der Waals surface area contributed by atoms with Gasteiger partial charge >= 0.3 is 0 Å². The van der Waals surface area contributed by atoms with Crippen LogP contribution in [0.3, 0.4) is 0 Å². The van der Waals surface area contributed by atoms with Gasteiger partial charge in [0.1, 0.15) is 5.69 Å². The van der Waals surface area contributed by atoms with E-state index < -0.39 is 11.5 Å². The van der Waals surface area contributed by atoms with Crippen LogP contribution in [0, 0.1) is 5.95 Å². The minimum absolute atomic E-state index is 0.0701. The van der Waals surface area contributed by atoms with Crippen LogP contribution in [0.5, 0.6) is 0 Å². The molecule has 2 aromatic heterocycles. The third-order valence-corrected chi connectivity index (χ3v) is 2.00. The highest BCUT2D eigenvalue weighted by molar-refractivity contribution is 5.38. The van der Waals surface area contributed by atoms with Gasteiger partial charge in [-0.2, -0.15) is 4.39 Å². The van der Waals surface area contributed by atoms with E-state index in [1.165, 1.54) is 23.1 Å². The van der Waals surface area contributed by atoms with E-state index in [9.17, 15) is 9.18 Å². The van der Waals surface area contributed by atoms with Gasteiger partial charge in [0, 0.05) is 13.2 Å². The largest absolute Gasteiger partial charge is 0.394 e. The average Bonchev–Trinajstić information content (AvgIpc) is 2.50. The standard InChI is InChI=1S/C9H9FN4O/c1-13-5-7(8(10)12-13)14-4-2-3-6(11)9(14)15/h2-5H,11H2,1H3. The number of anilines is 1. The van der Waals surface area contributed by atoms with Gasteiger partial charge in [0.15, 0.2) is 0 Å². The monoisotopic (exact) mass is 208 g/mol. The zero-order chi connectivity index (χ0) is 11.0. The number of hydrogen-bond donors (Lipinski definition) is 1. The van der Waals surface area contributed by atoms with Gasteiger partial charge in [0.2, 0.25) is 0 Å². The molecule has 0 fully saturated rings. The van der Waals surface area contributed by atoms with E-state index in [2.05, 4.69) is 5.10 Å². The summed E-state index contributed by atoms with van der Waals surface area (Å²) >= 11 is 0. The fraction of sp³-hybridized carbons (Fsp3) is 0.111. The summed E-state index contributed by atoms with van der Waals surface area (Å²) in [5.74, 6) is -0.704. The molecule has 0 spiro atoms. The molecule has 2 N–H and O–H groups in total. The molecule has 0 aliphatic rings. The predicted octanol–water partition coefficient (Wildman–Crippen LogP) is 0.292. The molecule has 2 aromatic rings. The van der Waals surface area contributed by atoms with Gasteiger partial charge in [-0.05, 0) is 12.1 Å². The van der Waals surface area contributed by atoms with Crippen molar-refractivity contribution in [2.45, 2.75) is 0 Å². The molecule has 0 aromatic carbocycles. The van der Waals surface area contributed by atoms with Crippen molar-refractivity contribution in [1.82, 2.24) is 14.3 Å². The molecular weight excluding hydrogens is 199 g/mol. The summed E-state index contributed by atoms with van der Waals surface area (Å²) in [6.07, 6.45) is 2.86. The third-order valence-electron chi connectivity index (χ3n) is 2.00. The number of pyridine rings is 1. The van der Waals surface area contributed by atoms with Crippen molar-refractivity contribution >= 4 is 5.69 Å². The van der Waals surface area contributed by atoms with Crippen LogP contribution in [-0.2, 0) is 7.05 Å². The van der Waals surface area contributed by atoms with E-state index in [-0.39, 0.29) is 11.4 Å². The van der Waals surface area contributed by atoms with Crippen LogP contribution in [0.1, 0.15) is 0 Å². The molecule has 0 amide bonds. The smallest absolute Gasteiger partial charge is 0.278 e. The second-order valence-corrected chi connectivity index (χ2v) is 3.12. The van der Waals surface area contributed by atoms with E-state index in [0.717, 1.165) is 4.57 Å². The second-order valence-electron chi connectivity index (χ2n) is 3.12. The highest BCUT2D eigenvalue weighted by atomic mass is 19.1. The Kier molecular flexibility index (Phi) is 2.03. The molecule has 15 heavy (non-hydrogen) atoms. The first-order valence-electron chi connectivity index (χ1n) is 4.26. The summed E-state index contributed by atoms with van der Waals surface area (Å²) in [6.45, 7) is 0. The minimum Gasteiger partial charge on any atom is -0.394 e. The maximum Gasteiger partial charge on any atom is 0.278 e. The van der Waals surface area contributed by atoms with Gasteiger partial charge in [0.05, 0.1) is 11.9 Å². The topological polar surface area (TPSA) is 65.8 Å². The third kappa shape index (κ3) is 1.50. The number of aryl methyl sites for hydroxylation is 1. The predicted molar refractivity (Wildman–Crippen MR) is 53.2 cm³/mol. The summed E-state index contributed by atoms with van der Waals surface area (Å²) < 4.78 is 15.7. The zero-order valence-corrected chi connectivity index (χ0v) is 8.01. The number of aromatic nitrogens is 3. The lowest BCUT2D eigenvalue weighted by Crippen LogP contribution is -2.20. The molecule has 0 atom stereocenters. The number of nitrogens with two attached hydrogens (primary N) is 1. The Balaban J connectivity index is 2.69. The first-order valence-corrected chi connectivity index (χ1v) is 4.26. The molecule has 0 radical (unpaired) electrons. The van der Waals surface area contributed by atoms with Gasteiger partial charge < -0.3 is 5.73 Å². The first kappa shape index (κ1) is 9.45. The van der Waals surface area contributed by atoms with Crippen LogP contribution in [0.2, 0.25) is 0 Å². The average molecular weight is 208 g/mol. The van der Waals surface area contributed by atoms with Crippen molar-refractivity contribution < 1.29 is 4.39 Å². The lowest BCUT2D eigenvalue weighted by atomic mass is 10.4. The molecule has 0 unspecified atom stereocenters. The quantitative estimate of drug-likeness (QED) is 0.732. The molecule has 5 nitrogen and oxygen atoms in total. The highest BCUT2D eigenvalue weighted by Crippen LogP contribution is 2.08. The summed E-state index contributed by atoms with van der Waals surface area (Å²) in [5.41, 5.74) is 5.14. The summed E-state index contributed by atoms with van der Waals surface area (Å²) in [4.78, 5) is 11.6. The maximum absolute atomic E-state index is 13.3. The first-order chi connectivity index (χ1) is 7.09. The molecule has 0 aliphatic carbocycles. The molecule has 0 bridgehead atoms.